The molecule has 2 bridgehead atoms. The third-order valence-electron chi connectivity index (χ3n) is 5.03. The molecule has 0 amide bonds. The van der Waals surface area contributed by atoms with Gasteiger partial charge in [-0.25, -0.2) is 0 Å². The molecule has 0 aromatic rings. The fraction of sp³-hybridized carbons (Fsp3) is 0.550. The molecule has 0 aliphatic carbocycles. The molecule has 2 rings (SSSR count). The van der Waals surface area contributed by atoms with Gasteiger partial charge in [-0.2, -0.15) is 10.5 Å². The highest BCUT2D eigenvalue weighted by Gasteiger charge is 2.47. The number of nitrogens with zero attached hydrogens (tertiary/aromatic N) is 2. The van der Waals surface area contributed by atoms with Gasteiger partial charge in [0, 0.05) is 31.3 Å². The van der Waals surface area contributed by atoms with Gasteiger partial charge in [-0.15, -0.1) is 6.58 Å². The fourth-order valence-electron chi connectivity index (χ4n) is 3.70. The Labute approximate surface area is 149 Å². The molecule has 2 aliphatic heterocycles. The molecule has 4 atom stereocenters. The lowest BCUT2D eigenvalue weighted by atomic mass is 9.67. The molecule has 130 valence electrons. The standard InChI is InChI=1S/C20H23N3O2/c1-4-14(2)19-17(11-16-7-8-18(19)23-16)20(12-21,13-22)9-5-6-10-25-15(3)24/h4,11,14,16,18-19,23H,1,7-10H2,2-3H3/t14?,16-,18+,19-/m1/s1. The van der Waals surface area contributed by atoms with Gasteiger partial charge in [0.05, 0.1) is 12.1 Å². The minimum Gasteiger partial charge on any atom is -0.453 e. The number of carbonyl (C=O) groups is 1. The minimum atomic E-state index is -1.28. The van der Waals surface area contributed by atoms with Crippen molar-refractivity contribution < 1.29 is 9.53 Å². The van der Waals surface area contributed by atoms with Crippen molar-refractivity contribution in [3.63, 3.8) is 0 Å². The van der Waals surface area contributed by atoms with E-state index in [-0.39, 0.29) is 36.9 Å². The van der Waals surface area contributed by atoms with Gasteiger partial charge in [0.2, 0.25) is 0 Å². The molecule has 0 spiro atoms. The molecular weight excluding hydrogens is 314 g/mol. The Bertz CT molecular complexity index is 700. The zero-order chi connectivity index (χ0) is 18.4. The Morgan fingerprint density at radius 1 is 1.48 bits per heavy atom. The first-order valence-corrected chi connectivity index (χ1v) is 8.49. The predicted molar refractivity (Wildman–Crippen MR) is 93.6 cm³/mol. The molecule has 5 heteroatoms. The summed E-state index contributed by atoms with van der Waals surface area (Å²) in [7, 11) is 0. The van der Waals surface area contributed by atoms with Crippen LogP contribution in [0.15, 0.2) is 24.3 Å². The van der Waals surface area contributed by atoms with E-state index in [1.165, 1.54) is 6.92 Å². The average molecular weight is 337 g/mol. The third-order valence-corrected chi connectivity index (χ3v) is 5.03. The topological polar surface area (TPSA) is 85.9 Å². The molecule has 1 fully saturated rings. The first-order chi connectivity index (χ1) is 12.0. The summed E-state index contributed by atoms with van der Waals surface area (Å²) in [5.74, 6) is 5.37. The van der Waals surface area contributed by atoms with Gasteiger partial charge in [0.15, 0.2) is 12.0 Å². The van der Waals surface area contributed by atoms with E-state index in [1.807, 2.05) is 12.2 Å². The van der Waals surface area contributed by atoms with Crippen molar-refractivity contribution in [2.75, 3.05) is 6.61 Å². The van der Waals surface area contributed by atoms with Crippen LogP contribution in [0.25, 0.3) is 0 Å². The van der Waals surface area contributed by atoms with Crippen molar-refractivity contribution in [2.24, 2.45) is 17.3 Å². The van der Waals surface area contributed by atoms with Crippen LogP contribution < -0.4 is 5.32 Å². The van der Waals surface area contributed by atoms with Gasteiger partial charge in [0.1, 0.15) is 0 Å². The number of ether oxygens (including phenoxy) is 1. The monoisotopic (exact) mass is 337 g/mol. The molecule has 1 saturated heterocycles. The first kappa shape index (κ1) is 18.8. The maximum atomic E-state index is 10.8. The van der Waals surface area contributed by atoms with E-state index in [9.17, 15) is 15.3 Å². The average Bonchev–Trinajstić information content (AvgIpc) is 2.98. The highest BCUT2D eigenvalue weighted by Crippen LogP contribution is 2.45. The normalized spacial score (nSPS) is 25.4. The number of nitriles is 2. The third kappa shape index (κ3) is 3.93. The van der Waals surface area contributed by atoms with Crippen LogP contribution in [0, 0.1) is 51.8 Å². The second-order valence-electron chi connectivity index (χ2n) is 6.64. The SMILES string of the molecule is C=CC(C)[C@@H]1C(C(C#N)(C#N)CC#CCOC(C)=O)=C[C@H]2CC[C@@H]1N2. The fourth-order valence-corrected chi connectivity index (χ4v) is 3.70. The van der Waals surface area contributed by atoms with E-state index in [1.54, 1.807) is 0 Å². The highest BCUT2D eigenvalue weighted by molar-refractivity contribution is 5.66. The Morgan fingerprint density at radius 2 is 2.20 bits per heavy atom. The van der Waals surface area contributed by atoms with Gasteiger partial charge in [-0.05, 0) is 24.3 Å². The van der Waals surface area contributed by atoms with Crippen LogP contribution in [0.5, 0.6) is 0 Å². The number of rotatable bonds is 5. The zero-order valence-electron chi connectivity index (χ0n) is 14.7. The molecule has 1 unspecified atom stereocenters. The Morgan fingerprint density at radius 3 is 2.80 bits per heavy atom. The molecule has 0 saturated carbocycles. The van der Waals surface area contributed by atoms with Crippen LogP contribution in [-0.4, -0.2) is 24.7 Å². The highest BCUT2D eigenvalue weighted by atomic mass is 16.5. The van der Waals surface area contributed by atoms with Crippen molar-refractivity contribution in [3.05, 3.63) is 24.3 Å². The minimum absolute atomic E-state index is 0.0272. The Kier molecular flexibility index (Phi) is 6.02. The number of hydrogen-bond donors (Lipinski definition) is 1. The molecular formula is C20H23N3O2. The van der Waals surface area contributed by atoms with Crippen molar-refractivity contribution in [3.8, 4) is 24.0 Å². The van der Waals surface area contributed by atoms with Gasteiger partial charge in [-0.1, -0.05) is 30.9 Å². The maximum absolute atomic E-state index is 10.8. The molecule has 0 aromatic carbocycles. The summed E-state index contributed by atoms with van der Waals surface area (Å²) in [6, 6.07) is 4.89. The molecule has 25 heavy (non-hydrogen) atoms. The maximum Gasteiger partial charge on any atom is 0.303 e. The number of allylic oxidation sites excluding steroid dienone is 1. The lowest BCUT2D eigenvalue weighted by Crippen LogP contribution is -2.45. The van der Waals surface area contributed by atoms with E-state index in [0.29, 0.717) is 0 Å². The van der Waals surface area contributed by atoms with Crippen molar-refractivity contribution in [2.45, 2.75) is 45.2 Å². The van der Waals surface area contributed by atoms with Crippen LogP contribution >= 0.6 is 0 Å². The molecule has 2 aliphatic rings. The van der Waals surface area contributed by atoms with E-state index >= 15 is 0 Å². The Hall–Kier alpha value is -2.55. The van der Waals surface area contributed by atoms with Crippen LogP contribution in [-0.2, 0) is 9.53 Å². The summed E-state index contributed by atoms with van der Waals surface area (Å²) in [6.07, 6.45) is 6.07. The summed E-state index contributed by atoms with van der Waals surface area (Å²) in [5, 5.41) is 23.2. The number of fused-ring (bicyclic) bond motifs is 2. The molecule has 1 N–H and O–H groups in total. The molecule has 5 nitrogen and oxygen atoms in total. The Balaban J connectivity index is 2.31. The quantitative estimate of drug-likeness (QED) is 0.473. The number of hydrogen-bond acceptors (Lipinski definition) is 5. The van der Waals surface area contributed by atoms with Gasteiger partial charge < -0.3 is 10.1 Å². The zero-order valence-corrected chi connectivity index (χ0v) is 14.7. The van der Waals surface area contributed by atoms with Crippen molar-refractivity contribution in [1.29, 1.82) is 10.5 Å². The van der Waals surface area contributed by atoms with Crippen molar-refractivity contribution >= 4 is 5.97 Å². The first-order valence-electron chi connectivity index (χ1n) is 8.49. The summed E-state index contributed by atoms with van der Waals surface area (Å²) in [6.45, 7) is 7.24. The second-order valence-corrected chi connectivity index (χ2v) is 6.64. The van der Waals surface area contributed by atoms with E-state index in [0.717, 1.165) is 18.4 Å². The van der Waals surface area contributed by atoms with E-state index < -0.39 is 11.4 Å². The van der Waals surface area contributed by atoms with Crippen molar-refractivity contribution in [1.82, 2.24) is 5.32 Å². The number of esters is 1. The van der Waals surface area contributed by atoms with Crippen LogP contribution in [0.3, 0.4) is 0 Å². The van der Waals surface area contributed by atoms with Crippen LogP contribution in [0.2, 0.25) is 0 Å². The second kappa shape index (κ2) is 8.02. The van der Waals surface area contributed by atoms with Crippen LogP contribution in [0.4, 0.5) is 0 Å². The smallest absolute Gasteiger partial charge is 0.303 e. The predicted octanol–water partition coefficient (Wildman–Crippen LogP) is 2.48. The lowest BCUT2D eigenvalue weighted by Gasteiger charge is -2.38. The van der Waals surface area contributed by atoms with Gasteiger partial charge in [-0.3, -0.25) is 4.79 Å². The summed E-state index contributed by atoms with van der Waals surface area (Å²) in [4.78, 5) is 10.8. The van der Waals surface area contributed by atoms with E-state index in [2.05, 4.69) is 42.8 Å². The lowest BCUT2D eigenvalue weighted by molar-refractivity contribution is -0.139. The number of nitrogens with one attached hydrogen (secondary N) is 1. The van der Waals surface area contributed by atoms with Gasteiger partial charge in [0.25, 0.3) is 0 Å². The van der Waals surface area contributed by atoms with Gasteiger partial charge >= 0.3 is 5.97 Å². The van der Waals surface area contributed by atoms with E-state index in [4.69, 9.17) is 4.74 Å². The number of carbonyl (C=O) groups excluding carboxylic acids is 1. The molecule has 0 radical (unpaired) electrons. The summed E-state index contributed by atoms with van der Waals surface area (Å²) in [5.41, 5.74) is -0.424. The summed E-state index contributed by atoms with van der Waals surface area (Å²) < 4.78 is 4.77. The molecule has 0 aromatic heterocycles. The molecule has 2 heterocycles. The largest absolute Gasteiger partial charge is 0.453 e. The summed E-state index contributed by atoms with van der Waals surface area (Å²) >= 11 is 0. The van der Waals surface area contributed by atoms with Crippen LogP contribution in [0.1, 0.15) is 33.1 Å².